The predicted molar refractivity (Wildman–Crippen MR) is 81.6 cm³/mol. The van der Waals surface area contributed by atoms with Gasteiger partial charge in [-0.25, -0.2) is 4.79 Å². The Kier molecular flexibility index (Phi) is 7.25. The van der Waals surface area contributed by atoms with Gasteiger partial charge in [-0.2, -0.15) is 0 Å². The van der Waals surface area contributed by atoms with Crippen molar-refractivity contribution in [3.63, 3.8) is 0 Å². The Hall–Kier alpha value is -2.08. The van der Waals surface area contributed by atoms with E-state index in [2.05, 4.69) is 5.32 Å². The lowest BCUT2D eigenvalue weighted by atomic mass is 10.1. The summed E-state index contributed by atoms with van der Waals surface area (Å²) in [5.41, 5.74) is 0.410. The summed E-state index contributed by atoms with van der Waals surface area (Å²) in [6, 6.07) is 6.70. The number of hydrogen-bond donors (Lipinski definition) is 2. The number of nitrogens with one attached hydrogen (secondary N) is 1. The van der Waals surface area contributed by atoms with Crippen molar-refractivity contribution in [2.45, 2.75) is 18.2 Å². The Morgan fingerprint density at radius 3 is 2.43 bits per heavy atom. The Labute approximate surface area is 127 Å². The Morgan fingerprint density at radius 2 is 1.86 bits per heavy atom. The number of benzene rings is 1. The van der Waals surface area contributed by atoms with Gasteiger partial charge >= 0.3 is 5.97 Å². The molecule has 2 N–H and O–H groups in total. The molecule has 1 rings (SSSR count). The van der Waals surface area contributed by atoms with Crippen LogP contribution in [0.2, 0.25) is 0 Å². The number of carboxylic acids is 1. The molecule has 6 heteroatoms. The van der Waals surface area contributed by atoms with Crippen LogP contribution >= 0.6 is 11.8 Å². The van der Waals surface area contributed by atoms with E-state index in [1.165, 1.54) is 11.8 Å². The maximum Gasteiger partial charge on any atom is 0.328 e. The number of carbonyl (C=O) groups excluding carboxylic acids is 2. The second kappa shape index (κ2) is 8.97. The van der Waals surface area contributed by atoms with Gasteiger partial charge in [0.25, 0.3) is 0 Å². The van der Waals surface area contributed by atoms with Crippen molar-refractivity contribution in [1.29, 1.82) is 0 Å². The van der Waals surface area contributed by atoms with Gasteiger partial charge in [0.1, 0.15) is 0 Å². The topological polar surface area (TPSA) is 83.5 Å². The molecule has 0 atom stereocenters. The lowest BCUT2D eigenvalue weighted by molar-refractivity contribution is -0.131. The van der Waals surface area contributed by atoms with E-state index in [-0.39, 0.29) is 11.7 Å². The van der Waals surface area contributed by atoms with E-state index in [1.54, 1.807) is 24.3 Å². The Balaban J connectivity index is 2.52. The molecular weight excluding hydrogens is 290 g/mol. The summed E-state index contributed by atoms with van der Waals surface area (Å²) in [6.07, 6.45) is 2.73. The van der Waals surface area contributed by atoms with Crippen LogP contribution in [0.1, 0.15) is 23.7 Å². The van der Waals surface area contributed by atoms with Crippen molar-refractivity contribution in [1.82, 2.24) is 5.32 Å². The molecule has 1 aromatic carbocycles. The molecule has 21 heavy (non-hydrogen) atoms. The second-order valence-corrected chi connectivity index (χ2v) is 5.25. The van der Waals surface area contributed by atoms with Crippen LogP contribution in [0, 0.1) is 0 Å². The standard InChI is InChI=1S/C15H17NO4S/c1-2-9-16-14(18)10-21-12-5-3-11(4-6-12)13(17)7-8-15(19)20/h3-8H,2,9-10H2,1H3,(H,16,18)(H,19,20)/b8-7+. The normalized spacial score (nSPS) is 10.5. The van der Waals surface area contributed by atoms with E-state index in [0.717, 1.165) is 23.5 Å². The third-order valence-electron chi connectivity index (χ3n) is 2.46. The first kappa shape index (κ1) is 17.0. The van der Waals surface area contributed by atoms with Crippen LogP contribution in [0.15, 0.2) is 41.3 Å². The molecule has 0 fully saturated rings. The molecule has 0 aliphatic rings. The van der Waals surface area contributed by atoms with E-state index in [0.29, 0.717) is 17.9 Å². The average Bonchev–Trinajstić information content (AvgIpc) is 2.49. The quantitative estimate of drug-likeness (QED) is 0.437. The smallest absolute Gasteiger partial charge is 0.328 e. The first-order valence-corrected chi connectivity index (χ1v) is 7.46. The number of carbonyl (C=O) groups is 3. The highest BCUT2D eigenvalue weighted by atomic mass is 32.2. The molecule has 0 aromatic heterocycles. The van der Waals surface area contributed by atoms with E-state index < -0.39 is 5.97 Å². The van der Waals surface area contributed by atoms with Crippen LogP contribution in [0.4, 0.5) is 0 Å². The summed E-state index contributed by atoms with van der Waals surface area (Å²) >= 11 is 1.38. The molecule has 0 heterocycles. The monoisotopic (exact) mass is 307 g/mol. The first-order chi connectivity index (χ1) is 10.0. The van der Waals surface area contributed by atoms with E-state index in [9.17, 15) is 14.4 Å². The molecule has 1 amide bonds. The molecule has 0 aliphatic carbocycles. The van der Waals surface area contributed by atoms with Gasteiger partial charge in [-0.3, -0.25) is 9.59 Å². The van der Waals surface area contributed by atoms with Crippen molar-refractivity contribution >= 4 is 29.4 Å². The fourth-order valence-electron chi connectivity index (χ4n) is 1.42. The van der Waals surface area contributed by atoms with Gasteiger partial charge in [-0.15, -0.1) is 11.8 Å². The van der Waals surface area contributed by atoms with E-state index >= 15 is 0 Å². The summed E-state index contributed by atoms with van der Waals surface area (Å²) in [5, 5.41) is 11.2. The van der Waals surface area contributed by atoms with Crippen LogP contribution < -0.4 is 5.32 Å². The van der Waals surface area contributed by atoms with E-state index in [4.69, 9.17) is 5.11 Å². The molecule has 0 bridgehead atoms. The van der Waals surface area contributed by atoms with Gasteiger partial charge in [0.2, 0.25) is 5.91 Å². The molecule has 0 spiro atoms. The number of hydrogen-bond acceptors (Lipinski definition) is 4. The van der Waals surface area contributed by atoms with Gasteiger partial charge in [-0.05, 0) is 36.8 Å². The minimum Gasteiger partial charge on any atom is -0.478 e. The molecule has 0 radical (unpaired) electrons. The number of carboxylic acid groups (broad SMARTS) is 1. The summed E-state index contributed by atoms with van der Waals surface area (Å²) < 4.78 is 0. The Morgan fingerprint density at radius 1 is 1.19 bits per heavy atom. The van der Waals surface area contributed by atoms with Crippen molar-refractivity contribution in [2.24, 2.45) is 0 Å². The molecule has 0 aliphatic heterocycles. The summed E-state index contributed by atoms with van der Waals surface area (Å²) in [5.74, 6) is -1.22. The summed E-state index contributed by atoms with van der Waals surface area (Å²) in [6.45, 7) is 2.66. The number of thioether (sulfide) groups is 1. The number of rotatable bonds is 8. The minimum atomic E-state index is -1.16. The van der Waals surface area contributed by atoms with Crippen molar-refractivity contribution in [3.05, 3.63) is 42.0 Å². The van der Waals surface area contributed by atoms with Gasteiger partial charge in [-0.1, -0.05) is 6.92 Å². The third kappa shape index (κ3) is 6.76. The zero-order valence-electron chi connectivity index (χ0n) is 11.7. The molecule has 0 saturated heterocycles. The van der Waals surface area contributed by atoms with Gasteiger partial charge in [0.05, 0.1) is 5.75 Å². The Bertz CT molecular complexity index is 537. The lowest BCUT2D eigenvalue weighted by Gasteiger charge is -2.04. The zero-order valence-corrected chi connectivity index (χ0v) is 12.5. The number of allylic oxidation sites excluding steroid dienone is 1. The van der Waals surface area contributed by atoms with Crippen LogP contribution in [0.3, 0.4) is 0 Å². The van der Waals surface area contributed by atoms with Crippen LogP contribution in [0.25, 0.3) is 0 Å². The summed E-state index contributed by atoms with van der Waals surface area (Å²) in [4.78, 5) is 34.3. The average molecular weight is 307 g/mol. The molecule has 1 aromatic rings. The zero-order chi connectivity index (χ0) is 15.7. The minimum absolute atomic E-state index is 0.0219. The molecule has 0 unspecified atom stereocenters. The van der Waals surface area contributed by atoms with Crippen molar-refractivity contribution in [2.75, 3.05) is 12.3 Å². The number of ketones is 1. The second-order valence-electron chi connectivity index (χ2n) is 4.20. The molecule has 112 valence electrons. The van der Waals surface area contributed by atoms with Crippen LogP contribution in [0.5, 0.6) is 0 Å². The van der Waals surface area contributed by atoms with Gasteiger partial charge in [0.15, 0.2) is 5.78 Å². The van der Waals surface area contributed by atoms with Gasteiger partial charge < -0.3 is 10.4 Å². The van der Waals surface area contributed by atoms with E-state index in [1.807, 2.05) is 6.92 Å². The highest BCUT2D eigenvalue weighted by Gasteiger charge is 2.05. The number of amides is 1. The molecular formula is C15H17NO4S. The van der Waals surface area contributed by atoms with Crippen LogP contribution in [-0.4, -0.2) is 35.1 Å². The fourth-order valence-corrected chi connectivity index (χ4v) is 2.15. The maximum atomic E-state index is 11.6. The fraction of sp³-hybridized carbons (Fsp3) is 0.267. The van der Waals surface area contributed by atoms with Crippen molar-refractivity contribution in [3.8, 4) is 0 Å². The maximum absolute atomic E-state index is 11.6. The molecule has 5 nitrogen and oxygen atoms in total. The lowest BCUT2D eigenvalue weighted by Crippen LogP contribution is -2.25. The largest absolute Gasteiger partial charge is 0.478 e. The summed E-state index contributed by atoms with van der Waals surface area (Å²) in [7, 11) is 0. The van der Waals surface area contributed by atoms with Gasteiger partial charge in [0, 0.05) is 23.1 Å². The molecule has 0 saturated carbocycles. The van der Waals surface area contributed by atoms with Crippen LogP contribution in [-0.2, 0) is 9.59 Å². The third-order valence-corrected chi connectivity index (χ3v) is 3.47. The highest BCUT2D eigenvalue weighted by Crippen LogP contribution is 2.18. The SMILES string of the molecule is CCCNC(=O)CSc1ccc(C(=O)/C=C/C(=O)O)cc1. The first-order valence-electron chi connectivity index (χ1n) is 6.48. The van der Waals surface area contributed by atoms with Crippen molar-refractivity contribution < 1.29 is 19.5 Å². The highest BCUT2D eigenvalue weighted by molar-refractivity contribution is 8.00. The predicted octanol–water partition coefficient (Wildman–Crippen LogP) is 2.13. The number of aliphatic carboxylic acids is 1.